The van der Waals surface area contributed by atoms with Crippen LogP contribution in [0.25, 0.3) is 21.8 Å². The molecular weight excluding hydrogens is 392 g/mol. The van der Waals surface area contributed by atoms with E-state index in [4.69, 9.17) is 10.2 Å². The van der Waals surface area contributed by atoms with Crippen molar-refractivity contribution in [2.75, 3.05) is 5.32 Å². The zero-order chi connectivity index (χ0) is 21.9. The number of aryl methyl sites for hydroxylation is 3. The molecule has 0 amide bonds. The summed E-state index contributed by atoms with van der Waals surface area (Å²) in [4.78, 5) is 4.90. The minimum atomic E-state index is 0.694. The van der Waals surface area contributed by atoms with Crippen molar-refractivity contribution >= 4 is 27.5 Å². The van der Waals surface area contributed by atoms with Gasteiger partial charge in [0.25, 0.3) is 0 Å². The van der Waals surface area contributed by atoms with E-state index in [9.17, 15) is 0 Å². The number of hydrogen-bond acceptors (Lipinski definition) is 3. The van der Waals surface area contributed by atoms with Gasteiger partial charge in [0.1, 0.15) is 5.82 Å². The molecule has 4 nitrogen and oxygen atoms in total. The summed E-state index contributed by atoms with van der Waals surface area (Å²) in [7, 11) is 2.08. The first-order chi connectivity index (χ1) is 15.7. The molecule has 5 aromatic rings. The molecule has 0 aliphatic rings. The number of anilines is 1. The van der Waals surface area contributed by atoms with Crippen LogP contribution in [0, 0.1) is 11.3 Å². The molecular formula is C28H24N4. The zero-order valence-electron chi connectivity index (χ0n) is 18.0. The van der Waals surface area contributed by atoms with Crippen LogP contribution in [0.15, 0.2) is 84.9 Å². The average Bonchev–Trinajstić information content (AvgIpc) is 3.16. The van der Waals surface area contributed by atoms with Gasteiger partial charge in [0, 0.05) is 25.7 Å². The molecule has 1 aromatic heterocycles. The Morgan fingerprint density at radius 1 is 0.906 bits per heavy atom. The van der Waals surface area contributed by atoms with E-state index in [2.05, 4.69) is 83.7 Å². The van der Waals surface area contributed by atoms with Gasteiger partial charge in [0.15, 0.2) is 0 Å². The predicted molar refractivity (Wildman–Crippen MR) is 131 cm³/mol. The number of fused-ring (bicyclic) bond motifs is 2. The van der Waals surface area contributed by atoms with Crippen LogP contribution in [-0.4, -0.2) is 9.55 Å². The predicted octanol–water partition coefficient (Wildman–Crippen LogP) is 6.00. The molecule has 1 heterocycles. The van der Waals surface area contributed by atoms with E-state index in [1.807, 2.05) is 24.3 Å². The second-order valence-electron chi connectivity index (χ2n) is 8.09. The first-order valence-corrected chi connectivity index (χ1v) is 10.9. The largest absolute Gasteiger partial charge is 0.381 e. The van der Waals surface area contributed by atoms with E-state index in [0.717, 1.165) is 41.9 Å². The van der Waals surface area contributed by atoms with Crippen LogP contribution in [0.3, 0.4) is 0 Å². The highest BCUT2D eigenvalue weighted by Gasteiger charge is 2.09. The molecule has 0 radical (unpaired) electrons. The van der Waals surface area contributed by atoms with Crippen molar-refractivity contribution in [3.8, 4) is 6.07 Å². The Kier molecular flexibility index (Phi) is 5.31. The number of rotatable bonds is 6. The summed E-state index contributed by atoms with van der Waals surface area (Å²) in [5.41, 5.74) is 6.41. The molecule has 0 atom stereocenters. The fraction of sp³-hybridized carbons (Fsp3) is 0.143. The molecule has 0 fully saturated rings. The Bertz CT molecular complexity index is 1430. The molecule has 1 N–H and O–H groups in total. The monoisotopic (exact) mass is 416 g/mol. The quantitative estimate of drug-likeness (QED) is 0.370. The van der Waals surface area contributed by atoms with E-state index < -0.39 is 0 Å². The standard InChI is InChI=1S/C28H24N4/c1-32-27-15-14-24(30-19-23-7-4-6-22-5-2-3-8-25(22)23)17-26(27)31-28(32)16-13-20-9-11-21(18-29)12-10-20/h2-12,14-15,17,30H,13,16,19H2,1H3. The molecule has 0 spiro atoms. The third-order valence-electron chi connectivity index (χ3n) is 6.06. The molecule has 32 heavy (non-hydrogen) atoms. The number of aromatic nitrogens is 2. The maximum absolute atomic E-state index is 8.96. The minimum Gasteiger partial charge on any atom is -0.381 e. The fourth-order valence-corrected chi connectivity index (χ4v) is 4.23. The van der Waals surface area contributed by atoms with Gasteiger partial charge in [-0.15, -0.1) is 0 Å². The SMILES string of the molecule is Cn1c(CCc2ccc(C#N)cc2)nc2cc(NCc3cccc4ccccc34)ccc21. The molecule has 0 bridgehead atoms. The molecule has 0 aliphatic carbocycles. The highest BCUT2D eigenvalue weighted by molar-refractivity contribution is 5.86. The zero-order valence-corrected chi connectivity index (χ0v) is 18.0. The molecule has 5 rings (SSSR count). The van der Waals surface area contributed by atoms with Crippen molar-refractivity contribution in [1.82, 2.24) is 9.55 Å². The molecule has 4 aromatic carbocycles. The van der Waals surface area contributed by atoms with Gasteiger partial charge >= 0.3 is 0 Å². The van der Waals surface area contributed by atoms with Crippen LogP contribution in [0.1, 0.15) is 22.5 Å². The lowest BCUT2D eigenvalue weighted by Gasteiger charge is -2.09. The first kappa shape index (κ1) is 19.8. The molecule has 4 heteroatoms. The lowest BCUT2D eigenvalue weighted by Crippen LogP contribution is -2.00. The third kappa shape index (κ3) is 3.93. The lowest BCUT2D eigenvalue weighted by atomic mass is 10.0. The lowest BCUT2D eigenvalue weighted by molar-refractivity contribution is 0.787. The Balaban J connectivity index is 1.32. The number of nitrogens with zero attached hydrogens (tertiary/aromatic N) is 3. The van der Waals surface area contributed by atoms with Crippen LogP contribution >= 0.6 is 0 Å². The van der Waals surface area contributed by atoms with E-state index >= 15 is 0 Å². The van der Waals surface area contributed by atoms with Crippen molar-refractivity contribution in [1.29, 1.82) is 5.26 Å². The molecule has 0 aliphatic heterocycles. The minimum absolute atomic E-state index is 0.694. The molecule has 0 saturated carbocycles. The Morgan fingerprint density at radius 2 is 1.72 bits per heavy atom. The number of nitrogens with one attached hydrogen (secondary N) is 1. The normalized spacial score (nSPS) is 11.0. The van der Waals surface area contributed by atoms with Crippen LogP contribution in [-0.2, 0) is 26.4 Å². The van der Waals surface area contributed by atoms with Gasteiger partial charge in [-0.3, -0.25) is 0 Å². The maximum atomic E-state index is 8.96. The van der Waals surface area contributed by atoms with Crippen LogP contribution in [0.5, 0.6) is 0 Å². The molecule has 0 saturated heterocycles. The number of hydrogen-bond donors (Lipinski definition) is 1. The highest BCUT2D eigenvalue weighted by atomic mass is 15.1. The van der Waals surface area contributed by atoms with Crippen LogP contribution < -0.4 is 5.32 Å². The molecule has 0 unspecified atom stereocenters. The molecule has 156 valence electrons. The average molecular weight is 417 g/mol. The summed E-state index contributed by atoms with van der Waals surface area (Å²) in [5.74, 6) is 1.07. The third-order valence-corrected chi connectivity index (χ3v) is 6.06. The van der Waals surface area contributed by atoms with E-state index in [1.54, 1.807) is 0 Å². The number of nitriles is 1. The first-order valence-electron chi connectivity index (χ1n) is 10.9. The Morgan fingerprint density at radius 3 is 2.56 bits per heavy atom. The van der Waals surface area contributed by atoms with Gasteiger partial charge in [-0.2, -0.15) is 5.26 Å². The summed E-state index contributed by atoms with van der Waals surface area (Å²) in [6.07, 6.45) is 1.75. The summed E-state index contributed by atoms with van der Waals surface area (Å²) in [6.45, 7) is 0.769. The van der Waals surface area contributed by atoms with Crippen LogP contribution in [0.4, 0.5) is 5.69 Å². The van der Waals surface area contributed by atoms with Crippen molar-refractivity contribution in [3.63, 3.8) is 0 Å². The van der Waals surface area contributed by atoms with Gasteiger partial charge < -0.3 is 9.88 Å². The second-order valence-corrected chi connectivity index (χ2v) is 8.09. The van der Waals surface area contributed by atoms with Crippen LogP contribution in [0.2, 0.25) is 0 Å². The summed E-state index contributed by atoms with van der Waals surface area (Å²) in [6, 6.07) is 31.3. The smallest absolute Gasteiger partial charge is 0.109 e. The van der Waals surface area contributed by atoms with E-state index in [1.165, 1.54) is 21.9 Å². The Hall–Kier alpha value is -4.10. The van der Waals surface area contributed by atoms with Gasteiger partial charge in [-0.25, -0.2) is 4.98 Å². The van der Waals surface area contributed by atoms with Gasteiger partial charge in [0.05, 0.1) is 22.7 Å². The second kappa shape index (κ2) is 8.56. The van der Waals surface area contributed by atoms with Gasteiger partial charge in [-0.1, -0.05) is 54.6 Å². The maximum Gasteiger partial charge on any atom is 0.109 e. The van der Waals surface area contributed by atoms with Crippen molar-refractivity contribution in [3.05, 3.63) is 107 Å². The van der Waals surface area contributed by atoms with Crippen molar-refractivity contribution in [2.24, 2.45) is 7.05 Å². The summed E-state index contributed by atoms with van der Waals surface area (Å²) >= 11 is 0. The highest BCUT2D eigenvalue weighted by Crippen LogP contribution is 2.23. The summed E-state index contributed by atoms with van der Waals surface area (Å²) in [5, 5.41) is 15.1. The van der Waals surface area contributed by atoms with E-state index in [-0.39, 0.29) is 0 Å². The topological polar surface area (TPSA) is 53.6 Å². The van der Waals surface area contributed by atoms with E-state index in [0.29, 0.717) is 5.56 Å². The van der Waals surface area contributed by atoms with Crippen molar-refractivity contribution < 1.29 is 0 Å². The number of benzene rings is 4. The van der Waals surface area contributed by atoms with Crippen molar-refractivity contribution in [2.45, 2.75) is 19.4 Å². The summed E-state index contributed by atoms with van der Waals surface area (Å²) < 4.78 is 2.17. The Labute approximate surface area is 187 Å². The number of imidazole rings is 1. The van der Waals surface area contributed by atoms with Gasteiger partial charge in [0.2, 0.25) is 0 Å². The van der Waals surface area contributed by atoms with Gasteiger partial charge in [-0.05, 0) is 58.7 Å². The fourth-order valence-electron chi connectivity index (χ4n) is 4.23.